The van der Waals surface area contributed by atoms with Crippen LogP contribution in [-0.4, -0.2) is 19.1 Å². The minimum Gasteiger partial charge on any atom is -0.406 e. The van der Waals surface area contributed by atoms with Crippen molar-refractivity contribution in [2.24, 2.45) is 53.3 Å². The van der Waals surface area contributed by atoms with Gasteiger partial charge in [0.2, 0.25) is 5.75 Å². The van der Waals surface area contributed by atoms with Crippen LogP contribution < -0.4 is 14.2 Å². The third-order valence-corrected chi connectivity index (χ3v) is 19.8. The number of rotatable bonds is 15. The molecule has 3 aromatic carbocycles. The summed E-state index contributed by atoms with van der Waals surface area (Å²) in [6.45, 7) is 7.05. The van der Waals surface area contributed by atoms with E-state index >= 15 is 0 Å². The fourth-order valence-electron chi connectivity index (χ4n) is 14.6. The predicted molar refractivity (Wildman–Crippen MR) is 294 cm³/mol. The van der Waals surface area contributed by atoms with Crippen LogP contribution in [0.4, 0.5) is 52.7 Å². The predicted octanol–water partition coefficient (Wildman–Crippen LogP) is 22.8. The summed E-state index contributed by atoms with van der Waals surface area (Å²) < 4.78 is 163. The molecule has 0 saturated heterocycles. The summed E-state index contributed by atoms with van der Waals surface area (Å²) in [5.41, 5.74) is 2.38. The summed E-state index contributed by atoms with van der Waals surface area (Å²) >= 11 is 0. The van der Waals surface area contributed by atoms with E-state index in [0.29, 0.717) is 17.4 Å². The normalized spacial score (nSPS) is 29.5. The van der Waals surface area contributed by atoms with Gasteiger partial charge in [-0.3, -0.25) is 0 Å². The summed E-state index contributed by atoms with van der Waals surface area (Å²) in [5.74, 6) is 2.58. The molecule has 81 heavy (non-hydrogen) atoms. The molecular weight excluding hydrogens is 1070 g/mol. The van der Waals surface area contributed by atoms with Gasteiger partial charge in [-0.25, -0.2) is 13.2 Å². The Morgan fingerprint density at radius 3 is 0.926 bits per heavy atom. The van der Waals surface area contributed by atoms with E-state index in [1.165, 1.54) is 147 Å². The molecule has 6 fully saturated rings. The van der Waals surface area contributed by atoms with Crippen LogP contribution in [0.25, 0.3) is 0 Å². The van der Waals surface area contributed by atoms with Crippen molar-refractivity contribution in [3.63, 3.8) is 0 Å². The molecule has 0 aliphatic heterocycles. The van der Waals surface area contributed by atoms with E-state index in [1.54, 1.807) is 18.2 Å². The highest BCUT2D eigenvalue weighted by Crippen LogP contribution is 2.45. The Kier molecular flexibility index (Phi) is 24.3. The minimum absolute atomic E-state index is 0.00397. The summed E-state index contributed by atoms with van der Waals surface area (Å²) in [7, 11) is 0. The molecule has 6 saturated carbocycles. The van der Waals surface area contributed by atoms with E-state index in [9.17, 15) is 52.7 Å². The summed E-state index contributed by atoms with van der Waals surface area (Å²) in [6, 6.07) is 12.4. The van der Waals surface area contributed by atoms with Gasteiger partial charge in [-0.15, -0.1) is 39.5 Å². The monoisotopic (exact) mass is 1160 g/mol. The average molecular weight is 1160 g/mol. The molecule has 0 amide bonds. The summed E-state index contributed by atoms with van der Waals surface area (Å²) in [6.07, 6.45) is 22.5. The zero-order valence-electron chi connectivity index (χ0n) is 48.1. The van der Waals surface area contributed by atoms with Crippen molar-refractivity contribution in [1.29, 1.82) is 0 Å². The van der Waals surface area contributed by atoms with E-state index in [2.05, 4.69) is 35.0 Å². The second kappa shape index (κ2) is 30.3. The van der Waals surface area contributed by atoms with Crippen molar-refractivity contribution in [2.45, 2.75) is 250 Å². The maximum Gasteiger partial charge on any atom is 0.573 e. The largest absolute Gasteiger partial charge is 0.573 e. The van der Waals surface area contributed by atoms with Gasteiger partial charge < -0.3 is 14.2 Å². The topological polar surface area (TPSA) is 27.7 Å². The Bertz CT molecular complexity index is 2260. The lowest BCUT2D eigenvalue weighted by Gasteiger charge is -2.31. The molecule has 0 aromatic heterocycles. The third kappa shape index (κ3) is 22.3. The highest BCUT2D eigenvalue weighted by atomic mass is 19.4. The molecule has 6 aliphatic carbocycles. The molecule has 6 aliphatic rings. The number of ether oxygens (including phenoxy) is 3. The van der Waals surface area contributed by atoms with Crippen LogP contribution in [0.3, 0.4) is 0 Å². The molecule has 456 valence electrons. The SMILES string of the molecule is CC1CCC(CCC2CCC(c3cc(F)c(OC(F)(F)F)c(F)c3)CC2)CC1.CC1CCC(CCC2CCC(c3ccc(OC(F)(F)F)c(F)c3)CC2)CC1.CC1CCC(CCC2CCC(c3ccc(OC(F)(F)F)cc3)CC2)CC1. The van der Waals surface area contributed by atoms with Gasteiger partial charge in [-0.05, 0) is 201 Å². The van der Waals surface area contributed by atoms with Crippen LogP contribution in [-0.2, 0) is 0 Å². The fraction of sp³-hybridized carbons (Fsp3) is 0.727. The Labute approximate surface area is 474 Å². The Balaban J connectivity index is 0.000000175. The van der Waals surface area contributed by atoms with E-state index < -0.39 is 48.0 Å². The van der Waals surface area contributed by atoms with Crippen LogP contribution in [0.5, 0.6) is 17.2 Å². The molecule has 0 atom stereocenters. The fourth-order valence-corrected chi connectivity index (χ4v) is 14.6. The Hall–Kier alpha value is -3.78. The van der Waals surface area contributed by atoms with E-state index in [-0.39, 0.29) is 17.6 Å². The highest BCUT2D eigenvalue weighted by molar-refractivity contribution is 5.34. The molecule has 3 aromatic rings. The molecule has 0 radical (unpaired) electrons. The first-order chi connectivity index (χ1) is 38.4. The first kappa shape index (κ1) is 64.8. The zero-order valence-corrected chi connectivity index (χ0v) is 48.1. The molecule has 15 heteroatoms. The van der Waals surface area contributed by atoms with Crippen molar-refractivity contribution in [3.05, 3.63) is 88.7 Å². The maximum absolute atomic E-state index is 14.0. The van der Waals surface area contributed by atoms with Gasteiger partial charge in [0.1, 0.15) is 5.75 Å². The molecule has 0 N–H and O–H groups in total. The number of hydrogen-bond acceptors (Lipinski definition) is 3. The molecule has 9 rings (SSSR count). The van der Waals surface area contributed by atoms with Gasteiger partial charge >= 0.3 is 19.1 Å². The first-order valence-electron chi connectivity index (χ1n) is 31.1. The first-order valence-corrected chi connectivity index (χ1v) is 31.1. The Morgan fingerprint density at radius 2 is 0.605 bits per heavy atom. The van der Waals surface area contributed by atoms with Crippen molar-refractivity contribution in [1.82, 2.24) is 0 Å². The van der Waals surface area contributed by atoms with Gasteiger partial charge in [-0.2, -0.15) is 0 Å². The number of alkyl halides is 9. The van der Waals surface area contributed by atoms with Crippen LogP contribution in [0.1, 0.15) is 248 Å². The minimum atomic E-state index is -5.11. The maximum atomic E-state index is 14.0. The van der Waals surface area contributed by atoms with Gasteiger partial charge in [0.05, 0.1) is 0 Å². The van der Waals surface area contributed by atoms with E-state index in [4.69, 9.17) is 0 Å². The van der Waals surface area contributed by atoms with Crippen molar-refractivity contribution < 1.29 is 66.9 Å². The van der Waals surface area contributed by atoms with Gasteiger partial charge in [0.25, 0.3) is 0 Å². The lowest BCUT2D eigenvalue weighted by atomic mass is 9.74. The molecule has 3 nitrogen and oxygen atoms in total. The van der Waals surface area contributed by atoms with Crippen molar-refractivity contribution in [2.75, 3.05) is 0 Å². The second-order valence-corrected chi connectivity index (χ2v) is 26.0. The van der Waals surface area contributed by atoms with Crippen molar-refractivity contribution in [3.8, 4) is 17.2 Å². The van der Waals surface area contributed by atoms with Gasteiger partial charge in [0, 0.05) is 0 Å². The van der Waals surface area contributed by atoms with Crippen LogP contribution >= 0.6 is 0 Å². The number of benzene rings is 3. The van der Waals surface area contributed by atoms with Crippen molar-refractivity contribution >= 4 is 0 Å². The second-order valence-electron chi connectivity index (χ2n) is 26.0. The zero-order chi connectivity index (χ0) is 58.3. The highest BCUT2D eigenvalue weighted by Gasteiger charge is 2.36. The smallest absolute Gasteiger partial charge is 0.406 e. The average Bonchev–Trinajstić information content (AvgIpc) is 3.43. The number of hydrogen-bond donors (Lipinski definition) is 0. The number of halogens is 12. The third-order valence-electron chi connectivity index (χ3n) is 19.8. The molecule has 0 spiro atoms. The summed E-state index contributed by atoms with van der Waals surface area (Å²) in [5, 5.41) is 0. The van der Waals surface area contributed by atoms with Gasteiger partial charge in [-0.1, -0.05) is 155 Å². The molecule has 0 unspecified atom stereocenters. The molecule has 0 bridgehead atoms. The lowest BCUT2D eigenvalue weighted by molar-refractivity contribution is -0.277. The van der Waals surface area contributed by atoms with E-state index in [0.717, 1.165) is 141 Å². The molecule has 0 heterocycles. The van der Waals surface area contributed by atoms with Crippen LogP contribution in [0, 0.1) is 70.7 Å². The van der Waals surface area contributed by atoms with Gasteiger partial charge in [0.15, 0.2) is 23.2 Å². The summed E-state index contributed by atoms with van der Waals surface area (Å²) in [4.78, 5) is 0. The standard InChI is InChI=1S/C22H29F5O.C22H30F4O.C22H31F3O/c1-14-2-4-15(5-3-14)6-7-16-8-10-17(11-9-16)18-12-19(23)21(20(24)13-18)28-22(25,26)27;1-15-2-4-16(5-3-15)6-7-17-8-10-18(11-9-17)19-12-13-21(20(23)14-19)27-22(24,25)26;1-16-2-4-17(5-3-16)6-7-18-8-10-19(11-9-18)20-12-14-21(15-13-20)26-22(23,24)25/h12-17H,2-11H2,1H3;12-18H,2-11H2,1H3;12-19H,2-11H2,1H3. The van der Waals surface area contributed by atoms with E-state index in [1.807, 2.05) is 0 Å². The molecular formula is C66H90F12O3. The quantitative estimate of drug-likeness (QED) is 0.142. The lowest BCUT2D eigenvalue weighted by Crippen LogP contribution is -2.19. The van der Waals surface area contributed by atoms with Crippen LogP contribution in [0.15, 0.2) is 54.6 Å². The van der Waals surface area contributed by atoms with Crippen LogP contribution in [0.2, 0.25) is 0 Å². The Morgan fingerprint density at radius 1 is 0.321 bits per heavy atom.